The van der Waals surface area contributed by atoms with Crippen LogP contribution in [0.5, 0.6) is 0 Å². The molecule has 1 aromatic rings. The van der Waals surface area contributed by atoms with Crippen LogP contribution in [0.4, 0.5) is 15.8 Å². The smallest absolute Gasteiger partial charge is 0.285 e. The van der Waals surface area contributed by atoms with E-state index in [1.165, 1.54) is 0 Å². The molecule has 0 bridgehead atoms. The van der Waals surface area contributed by atoms with Crippen LogP contribution >= 0.6 is 0 Å². The Labute approximate surface area is 121 Å². The molecule has 1 saturated heterocycles. The molecule has 1 amide bonds. The zero-order valence-electron chi connectivity index (χ0n) is 12.0. The summed E-state index contributed by atoms with van der Waals surface area (Å²) in [5.41, 5.74) is 4.49. The van der Waals surface area contributed by atoms with Crippen LogP contribution in [0.3, 0.4) is 0 Å². The maximum Gasteiger partial charge on any atom is 0.285 e. The van der Waals surface area contributed by atoms with Gasteiger partial charge in [-0.3, -0.25) is 14.9 Å². The van der Waals surface area contributed by atoms with Crippen molar-refractivity contribution in [1.29, 1.82) is 0 Å². The summed E-state index contributed by atoms with van der Waals surface area (Å²) in [6, 6.07) is 1.75. The van der Waals surface area contributed by atoms with Gasteiger partial charge in [0.05, 0.1) is 16.7 Å². The van der Waals surface area contributed by atoms with Gasteiger partial charge in [0.1, 0.15) is 5.56 Å². The maximum atomic E-state index is 13.4. The van der Waals surface area contributed by atoms with E-state index >= 15 is 0 Å². The number of carbonyl (C=O) groups is 1. The average molecular weight is 295 g/mol. The summed E-state index contributed by atoms with van der Waals surface area (Å²) < 4.78 is 13.4. The SMILES string of the molecule is CC1CCCN(C(=O)c2cc(N)c(F)cc2[N+](=O)[O-])C1C. The Balaban J connectivity index is 2.43. The zero-order chi connectivity index (χ0) is 15.7. The fourth-order valence-electron chi connectivity index (χ4n) is 2.68. The number of halogens is 1. The largest absolute Gasteiger partial charge is 0.396 e. The molecular formula is C14H18FN3O3. The first kappa shape index (κ1) is 15.2. The molecule has 2 N–H and O–H groups in total. The molecule has 2 atom stereocenters. The van der Waals surface area contributed by atoms with E-state index in [-0.39, 0.29) is 17.3 Å². The number of nitrogens with zero attached hydrogens (tertiary/aromatic N) is 2. The second-order valence-electron chi connectivity index (χ2n) is 5.51. The highest BCUT2D eigenvalue weighted by Gasteiger charge is 2.33. The van der Waals surface area contributed by atoms with Crippen LogP contribution in [0, 0.1) is 21.8 Å². The third-order valence-corrected chi connectivity index (χ3v) is 4.18. The highest BCUT2D eigenvalue weighted by atomic mass is 19.1. The van der Waals surface area contributed by atoms with E-state index in [4.69, 9.17) is 5.73 Å². The van der Waals surface area contributed by atoms with Gasteiger partial charge in [-0.1, -0.05) is 6.92 Å². The average Bonchev–Trinajstić information content (AvgIpc) is 2.43. The molecular weight excluding hydrogens is 277 g/mol. The van der Waals surface area contributed by atoms with Gasteiger partial charge < -0.3 is 10.6 Å². The van der Waals surface area contributed by atoms with E-state index in [0.717, 1.165) is 18.9 Å². The standard InChI is InChI=1S/C14H18FN3O3/c1-8-4-3-5-17(9(8)2)14(19)10-6-12(16)11(15)7-13(10)18(20)21/h6-9H,3-5,16H2,1-2H3. The van der Waals surface area contributed by atoms with Gasteiger partial charge in [0.15, 0.2) is 5.82 Å². The number of likely N-dealkylation sites (tertiary alicyclic amines) is 1. The summed E-state index contributed by atoms with van der Waals surface area (Å²) in [4.78, 5) is 24.5. The number of nitrogen functional groups attached to an aromatic ring is 1. The van der Waals surface area contributed by atoms with Crippen LogP contribution in [0.15, 0.2) is 12.1 Å². The summed E-state index contributed by atoms with van der Waals surface area (Å²) in [5.74, 6) is -1.04. The lowest BCUT2D eigenvalue weighted by Gasteiger charge is -2.37. The van der Waals surface area contributed by atoms with E-state index in [0.29, 0.717) is 18.5 Å². The van der Waals surface area contributed by atoms with Crippen molar-refractivity contribution in [3.63, 3.8) is 0 Å². The second kappa shape index (κ2) is 5.67. The number of hydrogen-bond donors (Lipinski definition) is 1. The molecule has 1 heterocycles. The van der Waals surface area contributed by atoms with Gasteiger partial charge in [0, 0.05) is 12.6 Å². The minimum absolute atomic E-state index is 0.0165. The molecule has 7 heteroatoms. The van der Waals surface area contributed by atoms with Crippen LogP contribution < -0.4 is 5.73 Å². The predicted octanol–water partition coefficient (Wildman–Crippen LogP) is 2.58. The Kier molecular flexibility index (Phi) is 4.11. The first-order valence-corrected chi connectivity index (χ1v) is 6.87. The van der Waals surface area contributed by atoms with E-state index in [1.54, 1.807) is 4.90 Å². The molecule has 6 nitrogen and oxygen atoms in total. The predicted molar refractivity (Wildman–Crippen MR) is 76.4 cm³/mol. The number of piperidine rings is 1. The fraction of sp³-hybridized carbons (Fsp3) is 0.500. The number of carbonyl (C=O) groups excluding carboxylic acids is 1. The van der Waals surface area contributed by atoms with Crippen LogP contribution in [-0.4, -0.2) is 28.3 Å². The van der Waals surface area contributed by atoms with Crippen molar-refractivity contribution in [2.45, 2.75) is 32.7 Å². The highest BCUT2D eigenvalue weighted by Crippen LogP contribution is 2.29. The molecule has 0 spiro atoms. The van der Waals surface area contributed by atoms with Crippen LogP contribution in [0.1, 0.15) is 37.0 Å². The van der Waals surface area contributed by atoms with Gasteiger partial charge in [-0.2, -0.15) is 0 Å². The third-order valence-electron chi connectivity index (χ3n) is 4.18. The minimum Gasteiger partial charge on any atom is -0.396 e. The number of rotatable bonds is 2. The maximum absolute atomic E-state index is 13.4. The number of hydrogen-bond acceptors (Lipinski definition) is 4. The third kappa shape index (κ3) is 2.81. The molecule has 0 aliphatic carbocycles. The van der Waals surface area contributed by atoms with Gasteiger partial charge in [0.2, 0.25) is 0 Å². The topological polar surface area (TPSA) is 89.5 Å². The normalized spacial score (nSPS) is 22.1. The van der Waals surface area contributed by atoms with Crippen molar-refractivity contribution in [2.75, 3.05) is 12.3 Å². The van der Waals surface area contributed by atoms with Gasteiger partial charge in [-0.15, -0.1) is 0 Å². The Morgan fingerprint density at radius 3 is 2.76 bits per heavy atom. The molecule has 1 aliphatic rings. The molecule has 0 saturated carbocycles. The van der Waals surface area contributed by atoms with Crippen molar-refractivity contribution in [3.05, 3.63) is 33.6 Å². The van der Waals surface area contributed by atoms with Crippen molar-refractivity contribution in [2.24, 2.45) is 5.92 Å². The highest BCUT2D eigenvalue weighted by molar-refractivity contribution is 5.99. The Bertz CT molecular complexity index is 591. The summed E-state index contributed by atoms with van der Waals surface area (Å²) in [6.07, 6.45) is 1.86. The Morgan fingerprint density at radius 1 is 1.48 bits per heavy atom. The summed E-state index contributed by atoms with van der Waals surface area (Å²) in [7, 11) is 0. The lowest BCUT2D eigenvalue weighted by Crippen LogP contribution is -2.46. The number of nitro benzene ring substituents is 1. The van der Waals surface area contributed by atoms with Crippen molar-refractivity contribution < 1.29 is 14.1 Å². The van der Waals surface area contributed by atoms with Crippen molar-refractivity contribution >= 4 is 17.3 Å². The van der Waals surface area contributed by atoms with Crippen molar-refractivity contribution in [3.8, 4) is 0 Å². The van der Waals surface area contributed by atoms with E-state index < -0.39 is 22.3 Å². The molecule has 1 aromatic carbocycles. The molecule has 0 radical (unpaired) electrons. The summed E-state index contributed by atoms with van der Waals surface area (Å²) in [5, 5.41) is 11.0. The lowest BCUT2D eigenvalue weighted by molar-refractivity contribution is -0.385. The molecule has 2 unspecified atom stereocenters. The van der Waals surface area contributed by atoms with E-state index in [9.17, 15) is 19.3 Å². The first-order chi connectivity index (χ1) is 9.82. The van der Waals surface area contributed by atoms with Crippen LogP contribution in [-0.2, 0) is 0 Å². The number of anilines is 1. The summed E-state index contributed by atoms with van der Waals surface area (Å²) in [6.45, 7) is 4.50. The van der Waals surface area contributed by atoms with Crippen LogP contribution in [0.25, 0.3) is 0 Å². The van der Waals surface area contributed by atoms with Gasteiger partial charge in [-0.05, 0) is 31.7 Å². The fourth-order valence-corrected chi connectivity index (χ4v) is 2.68. The molecule has 0 aromatic heterocycles. The first-order valence-electron chi connectivity index (χ1n) is 6.87. The number of benzene rings is 1. The molecule has 2 rings (SSSR count). The number of nitro groups is 1. The van der Waals surface area contributed by atoms with Gasteiger partial charge in [0.25, 0.3) is 11.6 Å². The Hall–Kier alpha value is -2.18. The molecule has 114 valence electrons. The molecule has 21 heavy (non-hydrogen) atoms. The summed E-state index contributed by atoms with van der Waals surface area (Å²) >= 11 is 0. The number of nitrogens with two attached hydrogens (primary N) is 1. The second-order valence-corrected chi connectivity index (χ2v) is 5.51. The van der Waals surface area contributed by atoms with Crippen molar-refractivity contribution in [1.82, 2.24) is 4.90 Å². The minimum atomic E-state index is -0.890. The van der Waals surface area contributed by atoms with E-state index in [2.05, 4.69) is 0 Å². The van der Waals surface area contributed by atoms with E-state index in [1.807, 2.05) is 13.8 Å². The monoisotopic (exact) mass is 295 g/mol. The Morgan fingerprint density at radius 2 is 2.14 bits per heavy atom. The molecule has 1 fully saturated rings. The quantitative estimate of drug-likeness (QED) is 0.516. The van der Waals surface area contributed by atoms with Gasteiger partial charge in [-0.25, -0.2) is 4.39 Å². The zero-order valence-corrected chi connectivity index (χ0v) is 12.0. The lowest BCUT2D eigenvalue weighted by atomic mass is 9.91. The van der Waals surface area contributed by atoms with Gasteiger partial charge >= 0.3 is 0 Å². The number of amides is 1. The van der Waals surface area contributed by atoms with Crippen LogP contribution in [0.2, 0.25) is 0 Å². The molecule has 1 aliphatic heterocycles.